The highest BCUT2D eigenvalue weighted by molar-refractivity contribution is 7.92. The Kier molecular flexibility index (Phi) is 4.35. The zero-order valence-corrected chi connectivity index (χ0v) is 12.9. The lowest BCUT2D eigenvalue weighted by atomic mass is 10.0. The van der Waals surface area contributed by atoms with Gasteiger partial charge in [0.1, 0.15) is 11.2 Å². The average Bonchev–Trinajstić information content (AvgIpc) is 3.15. The molecule has 6 heteroatoms. The van der Waals surface area contributed by atoms with Gasteiger partial charge in [0, 0.05) is 18.3 Å². The van der Waals surface area contributed by atoms with Crippen LogP contribution in [0.4, 0.5) is 4.39 Å². The van der Waals surface area contributed by atoms with E-state index in [-0.39, 0.29) is 12.4 Å². The van der Waals surface area contributed by atoms with Crippen molar-refractivity contribution in [3.63, 3.8) is 0 Å². The molecule has 0 spiro atoms. The molecule has 1 aromatic carbocycles. The van der Waals surface area contributed by atoms with Crippen molar-refractivity contribution in [2.75, 3.05) is 19.0 Å². The maximum atomic E-state index is 13.4. The van der Waals surface area contributed by atoms with E-state index in [1.165, 1.54) is 18.2 Å². The Morgan fingerprint density at radius 1 is 1.43 bits per heavy atom. The van der Waals surface area contributed by atoms with Crippen LogP contribution in [0.2, 0.25) is 0 Å². The summed E-state index contributed by atoms with van der Waals surface area (Å²) in [5.41, 5.74) is -0.572. The minimum Gasteiger partial charge on any atom is -0.380 e. The molecule has 1 saturated carbocycles. The van der Waals surface area contributed by atoms with E-state index in [0.717, 1.165) is 0 Å². The third kappa shape index (κ3) is 2.68. The molecule has 0 heterocycles. The van der Waals surface area contributed by atoms with Crippen molar-refractivity contribution in [3.05, 3.63) is 35.6 Å². The lowest BCUT2D eigenvalue weighted by Gasteiger charge is -2.09. The molecule has 3 atom stereocenters. The van der Waals surface area contributed by atoms with Crippen molar-refractivity contribution >= 4 is 9.84 Å². The Morgan fingerprint density at radius 2 is 2.14 bits per heavy atom. The second-order valence-electron chi connectivity index (χ2n) is 5.19. The molecule has 0 N–H and O–H groups in total. The quantitative estimate of drug-likeness (QED) is 0.808. The Balaban J connectivity index is 2.44. The number of hydrogen-bond donors (Lipinski definition) is 0. The molecule has 0 bridgehead atoms. The minimum atomic E-state index is -3.41. The van der Waals surface area contributed by atoms with Gasteiger partial charge in [-0.15, -0.1) is 0 Å². The summed E-state index contributed by atoms with van der Waals surface area (Å²) in [4.78, 5) is 0. The highest BCUT2D eigenvalue weighted by atomic mass is 32.2. The summed E-state index contributed by atoms with van der Waals surface area (Å²) in [6.45, 7) is 3.79. The molecule has 0 radical (unpaired) electrons. The van der Waals surface area contributed by atoms with Crippen LogP contribution >= 0.6 is 0 Å². The predicted molar refractivity (Wildman–Crippen MR) is 76.9 cm³/mol. The molecule has 0 saturated heterocycles. The molecule has 0 aromatic heterocycles. The number of rotatable bonds is 6. The molecule has 4 nitrogen and oxygen atoms in total. The van der Waals surface area contributed by atoms with E-state index >= 15 is 0 Å². The van der Waals surface area contributed by atoms with Gasteiger partial charge in [0.15, 0.2) is 9.84 Å². The van der Waals surface area contributed by atoms with Crippen LogP contribution in [0.15, 0.2) is 24.3 Å². The van der Waals surface area contributed by atoms with Gasteiger partial charge in [-0.05, 0) is 24.6 Å². The largest absolute Gasteiger partial charge is 0.380 e. The van der Waals surface area contributed by atoms with Crippen molar-refractivity contribution in [1.29, 1.82) is 5.26 Å². The second-order valence-corrected chi connectivity index (χ2v) is 7.61. The second kappa shape index (κ2) is 5.74. The smallest absolute Gasteiger partial charge is 0.155 e. The number of nitriles is 1. The first kappa shape index (κ1) is 15.9. The molecule has 1 aromatic rings. The van der Waals surface area contributed by atoms with E-state index in [9.17, 15) is 18.1 Å². The third-order valence-corrected chi connectivity index (χ3v) is 6.28. The SMILES string of the molecule is CCOC[C@]1(C#N)[C@@H](c2cccc(F)c2)[C@@H]1S(=O)(=O)CC. The highest BCUT2D eigenvalue weighted by Gasteiger charge is 2.71. The van der Waals surface area contributed by atoms with Crippen LogP contribution in [0.25, 0.3) is 0 Å². The van der Waals surface area contributed by atoms with Crippen LogP contribution in [0.1, 0.15) is 25.3 Å². The van der Waals surface area contributed by atoms with Crippen LogP contribution in [-0.2, 0) is 14.6 Å². The summed E-state index contributed by atoms with van der Waals surface area (Å²) in [5.74, 6) is -1.01. The van der Waals surface area contributed by atoms with E-state index in [1.807, 2.05) is 0 Å². The van der Waals surface area contributed by atoms with Gasteiger partial charge in [0.2, 0.25) is 0 Å². The van der Waals surface area contributed by atoms with Gasteiger partial charge in [-0.2, -0.15) is 5.26 Å². The first-order chi connectivity index (χ1) is 9.93. The van der Waals surface area contributed by atoms with Gasteiger partial charge in [-0.1, -0.05) is 19.1 Å². The molecule has 2 rings (SSSR count). The van der Waals surface area contributed by atoms with Crippen LogP contribution in [-0.4, -0.2) is 32.6 Å². The van der Waals surface area contributed by atoms with Crippen molar-refractivity contribution in [2.45, 2.75) is 25.0 Å². The van der Waals surface area contributed by atoms with Crippen molar-refractivity contribution in [2.24, 2.45) is 5.41 Å². The number of sulfone groups is 1. The number of benzene rings is 1. The Morgan fingerprint density at radius 3 is 2.67 bits per heavy atom. The van der Waals surface area contributed by atoms with E-state index in [1.54, 1.807) is 19.9 Å². The monoisotopic (exact) mass is 311 g/mol. The summed E-state index contributed by atoms with van der Waals surface area (Å²) < 4.78 is 43.3. The zero-order chi connectivity index (χ0) is 15.7. The molecule has 0 aliphatic heterocycles. The molecule has 21 heavy (non-hydrogen) atoms. The van der Waals surface area contributed by atoms with Gasteiger partial charge in [-0.3, -0.25) is 0 Å². The van der Waals surface area contributed by atoms with Gasteiger partial charge >= 0.3 is 0 Å². The van der Waals surface area contributed by atoms with Crippen molar-refractivity contribution in [1.82, 2.24) is 0 Å². The fourth-order valence-corrected chi connectivity index (χ4v) is 4.90. The number of nitrogens with zero attached hydrogens (tertiary/aromatic N) is 1. The van der Waals surface area contributed by atoms with Crippen LogP contribution in [0.5, 0.6) is 0 Å². The number of hydrogen-bond acceptors (Lipinski definition) is 4. The number of halogens is 1. The van der Waals surface area contributed by atoms with E-state index in [0.29, 0.717) is 12.2 Å². The van der Waals surface area contributed by atoms with Crippen molar-refractivity contribution < 1.29 is 17.5 Å². The molecule has 0 unspecified atom stereocenters. The average molecular weight is 311 g/mol. The molecular formula is C15H18FNO3S. The Labute approximate surface area is 124 Å². The maximum Gasteiger partial charge on any atom is 0.155 e. The summed E-state index contributed by atoms with van der Waals surface area (Å²) in [7, 11) is -3.41. The van der Waals surface area contributed by atoms with Crippen LogP contribution in [0, 0.1) is 22.6 Å². The fourth-order valence-electron chi connectivity index (χ4n) is 2.89. The van der Waals surface area contributed by atoms with Crippen LogP contribution < -0.4 is 0 Å². The Bertz CT molecular complexity index is 668. The topological polar surface area (TPSA) is 67.2 Å². The first-order valence-electron chi connectivity index (χ1n) is 6.89. The fraction of sp³-hybridized carbons (Fsp3) is 0.533. The molecular weight excluding hydrogens is 293 g/mol. The van der Waals surface area contributed by atoms with Gasteiger partial charge in [-0.25, -0.2) is 12.8 Å². The van der Waals surface area contributed by atoms with Gasteiger partial charge < -0.3 is 4.74 Å². The van der Waals surface area contributed by atoms with Gasteiger partial charge in [0.25, 0.3) is 0 Å². The first-order valence-corrected chi connectivity index (χ1v) is 8.60. The third-order valence-electron chi connectivity index (χ3n) is 4.01. The molecule has 1 aliphatic carbocycles. The van der Waals surface area contributed by atoms with E-state index in [2.05, 4.69) is 6.07 Å². The van der Waals surface area contributed by atoms with Crippen LogP contribution in [0.3, 0.4) is 0 Å². The van der Waals surface area contributed by atoms with Gasteiger partial charge in [0.05, 0.1) is 17.9 Å². The Hall–Kier alpha value is -1.45. The number of ether oxygens (including phenoxy) is 1. The summed E-state index contributed by atoms with van der Waals surface area (Å²) in [5, 5.41) is 8.70. The summed E-state index contributed by atoms with van der Waals surface area (Å²) in [6, 6.07) is 7.91. The predicted octanol–water partition coefficient (Wildman–Crippen LogP) is 2.27. The standard InChI is InChI=1S/C15H18FNO3S/c1-3-20-10-15(9-17)13(14(15)21(18,19)4-2)11-6-5-7-12(16)8-11/h5-8,13-14H,3-4,10H2,1-2H3/t13-,14-,15+/m0/s1. The summed E-state index contributed by atoms with van der Waals surface area (Å²) in [6.07, 6.45) is 0. The van der Waals surface area contributed by atoms with E-state index in [4.69, 9.17) is 4.74 Å². The molecule has 114 valence electrons. The minimum absolute atomic E-state index is 0.0426. The zero-order valence-electron chi connectivity index (χ0n) is 12.0. The molecule has 0 amide bonds. The summed E-state index contributed by atoms with van der Waals surface area (Å²) >= 11 is 0. The molecule has 1 aliphatic rings. The van der Waals surface area contributed by atoms with Crippen molar-refractivity contribution in [3.8, 4) is 6.07 Å². The lowest BCUT2D eigenvalue weighted by Crippen LogP contribution is -2.20. The normalized spacial score (nSPS) is 28.1. The maximum absolute atomic E-state index is 13.4. The lowest BCUT2D eigenvalue weighted by molar-refractivity contribution is 0.117. The van der Waals surface area contributed by atoms with E-state index < -0.39 is 32.2 Å². The highest BCUT2D eigenvalue weighted by Crippen LogP contribution is 2.63. The molecule has 1 fully saturated rings.